The molecule has 0 spiro atoms. The molecule has 1 unspecified atom stereocenters. The van der Waals surface area contributed by atoms with E-state index in [1.54, 1.807) is 20.4 Å². The van der Waals surface area contributed by atoms with Gasteiger partial charge in [-0.1, -0.05) is 12.5 Å². The Morgan fingerprint density at radius 2 is 1.73 bits per heavy atom. The van der Waals surface area contributed by atoms with Crippen molar-refractivity contribution < 1.29 is 9.47 Å². The lowest BCUT2D eigenvalue weighted by atomic mass is 9.82. The van der Waals surface area contributed by atoms with Crippen LogP contribution in [-0.4, -0.2) is 19.2 Å². The van der Waals surface area contributed by atoms with Gasteiger partial charge in [-0.2, -0.15) is 5.26 Å². The van der Waals surface area contributed by atoms with Gasteiger partial charge < -0.3 is 9.47 Å². The van der Waals surface area contributed by atoms with Crippen LogP contribution < -0.4 is 9.47 Å². The molecule has 0 saturated carbocycles. The summed E-state index contributed by atoms with van der Waals surface area (Å²) in [5.74, 6) is 2.00. The van der Waals surface area contributed by atoms with Gasteiger partial charge in [0.25, 0.3) is 0 Å². The van der Waals surface area contributed by atoms with Crippen LogP contribution >= 0.6 is 0 Å². The normalized spacial score (nSPS) is 11.7. The number of ether oxygens (including phenoxy) is 2. The lowest BCUT2D eigenvalue weighted by Crippen LogP contribution is -2.10. The summed E-state index contributed by atoms with van der Waals surface area (Å²) in [5, 5.41) is 8.83. The maximum Gasteiger partial charge on any atom is 0.126 e. The van der Waals surface area contributed by atoms with Gasteiger partial charge in [0.2, 0.25) is 0 Å². The van der Waals surface area contributed by atoms with Crippen LogP contribution in [-0.2, 0) is 0 Å². The largest absolute Gasteiger partial charge is 0.496 e. The Morgan fingerprint density at radius 1 is 1.04 bits per heavy atom. The fraction of sp³-hybridized carbons (Fsp3) is 0.455. The number of methoxy groups -OCH3 is 2. The summed E-state index contributed by atoms with van der Waals surface area (Å²) >= 11 is 0. The van der Waals surface area contributed by atoms with E-state index in [1.807, 2.05) is 12.3 Å². The molecular weight excluding hydrogens is 324 g/mol. The Bertz CT molecular complexity index is 779. The van der Waals surface area contributed by atoms with E-state index in [-0.39, 0.29) is 5.92 Å². The average molecular weight is 352 g/mol. The molecule has 0 radical (unpaired) electrons. The fourth-order valence-corrected chi connectivity index (χ4v) is 3.72. The minimum Gasteiger partial charge on any atom is -0.496 e. The zero-order valence-corrected chi connectivity index (χ0v) is 16.4. The number of pyridine rings is 1. The van der Waals surface area contributed by atoms with E-state index in [9.17, 15) is 0 Å². The Hall–Kier alpha value is -2.54. The van der Waals surface area contributed by atoms with Gasteiger partial charge in [0.05, 0.1) is 20.3 Å². The summed E-state index contributed by atoms with van der Waals surface area (Å²) in [7, 11) is 3.45. The third-order valence-corrected chi connectivity index (χ3v) is 5.11. The summed E-state index contributed by atoms with van der Waals surface area (Å²) in [6.07, 6.45) is 7.13. The molecule has 1 heterocycles. The quantitative estimate of drug-likeness (QED) is 0.610. The molecule has 2 aromatic rings. The van der Waals surface area contributed by atoms with Gasteiger partial charge in [0, 0.05) is 30.3 Å². The molecule has 0 aliphatic rings. The maximum atomic E-state index is 8.83. The van der Waals surface area contributed by atoms with E-state index in [0.717, 1.165) is 58.6 Å². The van der Waals surface area contributed by atoms with Crippen LogP contribution in [0.15, 0.2) is 24.5 Å². The number of benzene rings is 1. The first kappa shape index (κ1) is 19.8. The lowest BCUT2D eigenvalue weighted by molar-refractivity contribution is 0.387. The van der Waals surface area contributed by atoms with Gasteiger partial charge in [-0.05, 0) is 61.9 Å². The van der Waals surface area contributed by atoms with Crippen LogP contribution in [0.1, 0.15) is 59.4 Å². The first-order valence-corrected chi connectivity index (χ1v) is 9.05. The SMILES string of the molecule is COc1c(C)c(C)c(OC)c(C(CCCCC#N)c2cccnc2)c1C. The van der Waals surface area contributed by atoms with E-state index in [1.165, 1.54) is 0 Å². The van der Waals surface area contributed by atoms with Crippen molar-refractivity contribution in [3.05, 3.63) is 52.3 Å². The molecule has 2 rings (SSSR count). The van der Waals surface area contributed by atoms with Crippen molar-refractivity contribution in [2.45, 2.75) is 52.4 Å². The zero-order chi connectivity index (χ0) is 19.1. The number of nitrogens with zero attached hydrogens (tertiary/aromatic N) is 2. The third kappa shape index (κ3) is 3.99. The van der Waals surface area contributed by atoms with Gasteiger partial charge in [0.1, 0.15) is 11.5 Å². The first-order valence-electron chi connectivity index (χ1n) is 9.05. The second-order valence-electron chi connectivity index (χ2n) is 6.60. The molecule has 4 nitrogen and oxygen atoms in total. The summed E-state index contributed by atoms with van der Waals surface area (Å²) in [6, 6.07) is 6.32. The van der Waals surface area contributed by atoms with E-state index in [2.05, 4.69) is 37.9 Å². The highest BCUT2D eigenvalue weighted by Gasteiger charge is 2.26. The number of hydrogen-bond acceptors (Lipinski definition) is 4. The topological polar surface area (TPSA) is 55.1 Å². The number of rotatable bonds is 8. The fourth-order valence-electron chi connectivity index (χ4n) is 3.72. The van der Waals surface area contributed by atoms with E-state index in [4.69, 9.17) is 14.7 Å². The molecule has 138 valence electrons. The molecule has 1 aromatic heterocycles. The monoisotopic (exact) mass is 352 g/mol. The molecule has 0 aliphatic heterocycles. The second kappa shape index (κ2) is 9.24. The molecule has 0 amide bonds. The van der Waals surface area contributed by atoms with E-state index in [0.29, 0.717) is 6.42 Å². The number of unbranched alkanes of at least 4 members (excludes halogenated alkanes) is 2. The minimum atomic E-state index is 0.158. The van der Waals surface area contributed by atoms with Gasteiger partial charge in [-0.15, -0.1) is 0 Å². The molecule has 1 aromatic carbocycles. The Balaban J connectivity index is 2.60. The van der Waals surface area contributed by atoms with Crippen LogP contribution in [0, 0.1) is 32.1 Å². The summed E-state index contributed by atoms with van der Waals surface area (Å²) in [5.41, 5.74) is 5.66. The first-order chi connectivity index (χ1) is 12.6. The highest BCUT2D eigenvalue weighted by atomic mass is 16.5. The highest BCUT2D eigenvalue weighted by Crippen LogP contribution is 2.45. The van der Waals surface area contributed by atoms with Crippen LogP contribution in [0.4, 0.5) is 0 Å². The van der Waals surface area contributed by atoms with Crippen molar-refractivity contribution in [2.24, 2.45) is 0 Å². The highest BCUT2D eigenvalue weighted by molar-refractivity contribution is 5.60. The van der Waals surface area contributed by atoms with Crippen molar-refractivity contribution >= 4 is 0 Å². The van der Waals surface area contributed by atoms with Crippen molar-refractivity contribution in [2.75, 3.05) is 14.2 Å². The Labute approximate surface area is 156 Å². The third-order valence-electron chi connectivity index (χ3n) is 5.11. The molecule has 0 bridgehead atoms. The standard InChI is InChI=1S/C22H28N2O2/c1-15-16(2)22(26-5)20(17(3)21(15)25-4)19(11-7-6-8-12-23)18-10-9-13-24-14-18/h9-10,13-14,19H,6-8,11H2,1-5H3. The molecular formula is C22H28N2O2. The molecule has 0 fully saturated rings. The summed E-state index contributed by atoms with van der Waals surface area (Å²) in [4.78, 5) is 4.32. The molecule has 0 N–H and O–H groups in total. The number of hydrogen-bond donors (Lipinski definition) is 0. The average Bonchev–Trinajstić information content (AvgIpc) is 2.66. The van der Waals surface area contributed by atoms with Crippen LogP contribution in [0.2, 0.25) is 0 Å². The molecule has 1 atom stereocenters. The molecule has 4 heteroatoms. The number of nitriles is 1. The maximum absolute atomic E-state index is 8.83. The van der Waals surface area contributed by atoms with E-state index >= 15 is 0 Å². The summed E-state index contributed by atoms with van der Waals surface area (Å²) in [6.45, 7) is 6.25. The zero-order valence-electron chi connectivity index (χ0n) is 16.4. The Morgan fingerprint density at radius 3 is 2.31 bits per heavy atom. The van der Waals surface area contributed by atoms with Gasteiger partial charge in [-0.3, -0.25) is 4.98 Å². The van der Waals surface area contributed by atoms with Crippen molar-refractivity contribution in [3.8, 4) is 17.6 Å². The summed E-state index contributed by atoms with van der Waals surface area (Å²) < 4.78 is 11.6. The molecule has 0 aliphatic carbocycles. The van der Waals surface area contributed by atoms with Gasteiger partial charge in [0.15, 0.2) is 0 Å². The molecule has 0 saturated heterocycles. The molecule has 26 heavy (non-hydrogen) atoms. The van der Waals surface area contributed by atoms with Crippen molar-refractivity contribution in [3.63, 3.8) is 0 Å². The van der Waals surface area contributed by atoms with Gasteiger partial charge in [-0.25, -0.2) is 0 Å². The van der Waals surface area contributed by atoms with Gasteiger partial charge >= 0.3 is 0 Å². The van der Waals surface area contributed by atoms with E-state index < -0.39 is 0 Å². The van der Waals surface area contributed by atoms with Crippen LogP contribution in [0.5, 0.6) is 11.5 Å². The second-order valence-corrected chi connectivity index (χ2v) is 6.60. The smallest absolute Gasteiger partial charge is 0.126 e. The van der Waals surface area contributed by atoms with Crippen molar-refractivity contribution in [1.29, 1.82) is 5.26 Å². The lowest BCUT2D eigenvalue weighted by Gasteiger charge is -2.26. The predicted octanol–water partition coefficient (Wildman–Crippen LogP) is 5.24. The van der Waals surface area contributed by atoms with Crippen LogP contribution in [0.25, 0.3) is 0 Å². The minimum absolute atomic E-state index is 0.158. The number of aromatic nitrogens is 1. The van der Waals surface area contributed by atoms with Crippen molar-refractivity contribution in [1.82, 2.24) is 4.98 Å². The van der Waals surface area contributed by atoms with Crippen LogP contribution in [0.3, 0.4) is 0 Å². The predicted molar refractivity (Wildman–Crippen MR) is 104 cm³/mol. The Kier molecular flexibility index (Phi) is 7.03.